The van der Waals surface area contributed by atoms with Crippen LogP contribution < -0.4 is 11.3 Å². The van der Waals surface area contributed by atoms with Gasteiger partial charge in [0.05, 0.1) is 0 Å². The van der Waals surface area contributed by atoms with E-state index in [1.165, 1.54) is 11.6 Å². The number of pyridine rings is 1. The van der Waals surface area contributed by atoms with Gasteiger partial charge >= 0.3 is 0 Å². The minimum absolute atomic E-state index is 0.0377. The molecule has 5 nitrogen and oxygen atoms in total. The van der Waals surface area contributed by atoms with E-state index >= 15 is 0 Å². The van der Waals surface area contributed by atoms with Crippen LogP contribution in [0.15, 0.2) is 57.9 Å². The Bertz CT molecular complexity index is 775. The monoisotopic (exact) mass is 389 g/mol. The number of rotatable bonds is 4. The van der Waals surface area contributed by atoms with Gasteiger partial charge in [-0.1, -0.05) is 30.3 Å². The van der Waals surface area contributed by atoms with E-state index < -0.39 is 0 Å². The molecule has 0 radical (unpaired) electrons. The lowest BCUT2D eigenvalue weighted by Gasteiger charge is -2.17. The number of halogens is 1. The second kappa shape index (κ2) is 7.32. The van der Waals surface area contributed by atoms with Gasteiger partial charge in [-0.15, -0.1) is 0 Å². The van der Waals surface area contributed by atoms with Crippen molar-refractivity contribution in [1.82, 2.24) is 9.47 Å². The fourth-order valence-corrected chi connectivity index (χ4v) is 3.52. The van der Waals surface area contributed by atoms with E-state index in [0.29, 0.717) is 26.1 Å². The molecule has 2 N–H and O–H groups in total. The normalized spacial score (nSPS) is 20.3. The van der Waals surface area contributed by atoms with Gasteiger partial charge in [0.15, 0.2) is 0 Å². The van der Waals surface area contributed by atoms with E-state index in [1.54, 1.807) is 16.8 Å². The van der Waals surface area contributed by atoms with Crippen LogP contribution in [-0.2, 0) is 11.3 Å². The molecule has 1 aliphatic heterocycles. The van der Waals surface area contributed by atoms with Crippen molar-refractivity contribution in [2.75, 3.05) is 13.1 Å². The fourth-order valence-electron chi connectivity index (χ4n) is 3.14. The molecule has 0 aliphatic carbocycles. The molecule has 3 rings (SSSR count). The topological polar surface area (TPSA) is 68.3 Å². The SMILES string of the molecule is N[C@@H]1CN(C(=O)CCn2cc(Br)ccc2=O)C[C@H]1c1ccccc1. The van der Waals surface area contributed by atoms with Gasteiger partial charge in [0.2, 0.25) is 5.91 Å². The van der Waals surface area contributed by atoms with Crippen molar-refractivity contribution in [2.45, 2.75) is 24.9 Å². The molecule has 2 atom stereocenters. The van der Waals surface area contributed by atoms with Gasteiger partial charge in [-0.3, -0.25) is 9.59 Å². The molecule has 126 valence electrons. The third kappa shape index (κ3) is 3.76. The van der Waals surface area contributed by atoms with Crippen molar-refractivity contribution in [3.8, 4) is 0 Å². The van der Waals surface area contributed by atoms with Gasteiger partial charge in [0.1, 0.15) is 0 Å². The Morgan fingerprint density at radius 1 is 1.17 bits per heavy atom. The second-order valence-electron chi connectivity index (χ2n) is 6.11. The van der Waals surface area contributed by atoms with Gasteiger partial charge in [-0.05, 0) is 27.6 Å². The Morgan fingerprint density at radius 3 is 2.67 bits per heavy atom. The Kier molecular flexibility index (Phi) is 5.16. The van der Waals surface area contributed by atoms with Crippen LogP contribution >= 0.6 is 15.9 Å². The maximum Gasteiger partial charge on any atom is 0.250 e. The molecule has 6 heteroatoms. The molecule has 24 heavy (non-hydrogen) atoms. The summed E-state index contributed by atoms with van der Waals surface area (Å²) in [5.74, 6) is 0.208. The molecule has 0 bridgehead atoms. The zero-order valence-corrected chi connectivity index (χ0v) is 14.9. The lowest BCUT2D eigenvalue weighted by molar-refractivity contribution is -0.130. The smallest absolute Gasteiger partial charge is 0.250 e. The first kappa shape index (κ1) is 16.9. The predicted octanol–water partition coefficient (Wildman–Crippen LogP) is 1.95. The largest absolute Gasteiger partial charge is 0.340 e. The number of carbonyl (C=O) groups is 1. The van der Waals surface area contributed by atoms with Crippen molar-refractivity contribution in [2.24, 2.45) is 5.73 Å². The zero-order valence-electron chi connectivity index (χ0n) is 13.3. The first-order valence-corrected chi connectivity index (χ1v) is 8.78. The number of hydrogen-bond donors (Lipinski definition) is 1. The molecule has 1 amide bonds. The Hall–Kier alpha value is -1.92. The molecular weight excluding hydrogens is 370 g/mol. The lowest BCUT2D eigenvalue weighted by atomic mass is 9.95. The van der Waals surface area contributed by atoms with E-state index in [4.69, 9.17) is 5.73 Å². The van der Waals surface area contributed by atoms with Crippen molar-refractivity contribution in [1.29, 1.82) is 0 Å². The van der Waals surface area contributed by atoms with Gasteiger partial charge in [-0.2, -0.15) is 0 Å². The molecule has 2 heterocycles. The third-order valence-corrected chi connectivity index (χ3v) is 4.93. The minimum Gasteiger partial charge on any atom is -0.340 e. The maximum absolute atomic E-state index is 12.5. The van der Waals surface area contributed by atoms with Crippen LogP contribution in [0.2, 0.25) is 0 Å². The standard InChI is InChI=1S/C18H20BrN3O2/c19-14-6-7-17(23)21(10-14)9-8-18(24)22-11-15(16(20)12-22)13-4-2-1-3-5-13/h1-7,10,15-16H,8-9,11-12,20H2/t15-,16+/m0/s1. The lowest BCUT2D eigenvalue weighted by Crippen LogP contribution is -2.33. The maximum atomic E-state index is 12.5. The van der Waals surface area contributed by atoms with Crippen LogP contribution in [-0.4, -0.2) is 34.5 Å². The van der Waals surface area contributed by atoms with E-state index in [2.05, 4.69) is 28.1 Å². The van der Waals surface area contributed by atoms with Crippen molar-refractivity contribution < 1.29 is 4.79 Å². The van der Waals surface area contributed by atoms with E-state index in [-0.39, 0.29) is 23.4 Å². The highest BCUT2D eigenvalue weighted by Gasteiger charge is 2.33. The van der Waals surface area contributed by atoms with Crippen molar-refractivity contribution in [3.63, 3.8) is 0 Å². The number of carbonyl (C=O) groups excluding carboxylic acids is 1. The highest BCUT2D eigenvalue weighted by atomic mass is 79.9. The average Bonchev–Trinajstić information content (AvgIpc) is 2.98. The average molecular weight is 390 g/mol. The summed E-state index contributed by atoms with van der Waals surface area (Å²) in [7, 11) is 0. The summed E-state index contributed by atoms with van der Waals surface area (Å²) >= 11 is 3.34. The predicted molar refractivity (Wildman–Crippen MR) is 96.8 cm³/mol. The van der Waals surface area contributed by atoms with Gasteiger partial charge in [0, 0.05) is 54.8 Å². The summed E-state index contributed by atoms with van der Waals surface area (Å²) in [5, 5.41) is 0. The van der Waals surface area contributed by atoms with Crippen molar-refractivity contribution >= 4 is 21.8 Å². The summed E-state index contributed by atoms with van der Waals surface area (Å²) in [5.41, 5.74) is 7.30. The highest BCUT2D eigenvalue weighted by molar-refractivity contribution is 9.10. The Morgan fingerprint density at radius 2 is 1.92 bits per heavy atom. The first-order chi connectivity index (χ1) is 11.5. The molecule has 1 fully saturated rings. The number of likely N-dealkylation sites (tertiary alicyclic amines) is 1. The molecule has 1 aromatic heterocycles. The van der Waals surface area contributed by atoms with Gasteiger partial charge in [0.25, 0.3) is 5.56 Å². The molecular formula is C18H20BrN3O2. The highest BCUT2D eigenvalue weighted by Crippen LogP contribution is 2.26. The van der Waals surface area contributed by atoms with E-state index in [1.807, 2.05) is 23.1 Å². The van der Waals surface area contributed by atoms with Crippen LogP contribution in [0.1, 0.15) is 17.9 Å². The number of benzene rings is 1. The fraction of sp³-hybridized carbons (Fsp3) is 0.333. The summed E-state index contributed by atoms with van der Waals surface area (Å²) < 4.78 is 2.37. The quantitative estimate of drug-likeness (QED) is 0.868. The van der Waals surface area contributed by atoms with Crippen molar-refractivity contribution in [3.05, 3.63) is 69.1 Å². The number of hydrogen-bond acceptors (Lipinski definition) is 3. The molecule has 0 saturated carbocycles. The molecule has 1 aromatic carbocycles. The number of nitrogens with two attached hydrogens (primary N) is 1. The van der Waals surface area contributed by atoms with Crippen LogP contribution in [0.25, 0.3) is 0 Å². The second-order valence-corrected chi connectivity index (χ2v) is 7.02. The molecule has 0 spiro atoms. The van der Waals surface area contributed by atoms with E-state index in [0.717, 1.165) is 4.47 Å². The minimum atomic E-state index is -0.105. The zero-order chi connectivity index (χ0) is 17.1. The first-order valence-electron chi connectivity index (χ1n) is 7.99. The summed E-state index contributed by atoms with van der Waals surface area (Å²) in [4.78, 5) is 26.1. The van der Waals surface area contributed by atoms with Gasteiger partial charge < -0.3 is 15.2 Å². The summed E-state index contributed by atoms with van der Waals surface area (Å²) in [6.45, 7) is 1.57. The number of aromatic nitrogens is 1. The van der Waals surface area contributed by atoms with Crippen LogP contribution in [0.4, 0.5) is 0 Å². The summed E-state index contributed by atoms with van der Waals surface area (Å²) in [6.07, 6.45) is 2.00. The van der Waals surface area contributed by atoms with Crippen LogP contribution in [0, 0.1) is 0 Å². The van der Waals surface area contributed by atoms with Crippen LogP contribution in [0.3, 0.4) is 0 Å². The van der Waals surface area contributed by atoms with E-state index in [9.17, 15) is 9.59 Å². The number of aryl methyl sites for hydroxylation is 1. The molecule has 2 aromatic rings. The number of nitrogens with zero attached hydrogens (tertiary/aromatic N) is 2. The van der Waals surface area contributed by atoms with Crippen LogP contribution in [0.5, 0.6) is 0 Å². The molecule has 1 aliphatic rings. The Labute approximate surface area is 149 Å². The molecule has 1 saturated heterocycles. The Balaban J connectivity index is 1.62. The summed E-state index contributed by atoms with van der Waals surface area (Å²) in [6, 6.07) is 13.2. The van der Waals surface area contributed by atoms with Gasteiger partial charge in [-0.25, -0.2) is 0 Å². The number of amides is 1. The third-order valence-electron chi connectivity index (χ3n) is 4.46. The molecule has 0 unspecified atom stereocenters.